The van der Waals surface area contributed by atoms with Crippen LogP contribution in [0.2, 0.25) is 0 Å². The van der Waals surface area contributed by atoms with Gasteiger partial charge in [0.15, 0.2) is 0 Å². The van der Waals surface area contributed by atoms with Crippen molar-refractivity contribution >= 4 is 34.7 Å². The third-order valence-corrected chi connectivity index (χ3v) is 9.42. The highest BCUT2D eigenvalue weighted by molar-refractivity contribution is 7.11. The summed E-state index contributed by atoms with van der Waals surface area (Å²) in [5, 5.41) is 5.83. The van der Waals surface area contributed by atoms with Gasteiger partial charge >= 0.3 is 0 Å². The zero-order chi connectivity index (χ0) is 26.3. The minimum Gasteiger partial charge on any atom is -0.493 e. The fourth-order valence-electron chi connectivity index (χ4n) is 6.32. The fourth-order valence-corrected chi connectivity index (χ4v) is 7.13. The van der Waals surface area contributed by atoms with Gasteiger partial charge in [-0.05, 0) is 71.9 Å². The second-order valence-corrected chi connectivity index (χ2v) is 11.9. The molecule has 3 aromatic rings. The van der Waals surface area contributed by atoms with Crippen molar-refractivity contribution in [2.45, 2.75) is 25.3 Å². The number of rotatable bonds is 5. The monoisotopic (exact) mass is 538 g/mol. The largest absolute Gasteiger partial charge is 0.493 e. The molecule has 4 aliphatic heterocycles. The molecule has 1 fully saturated rings. The molecule has 2 aromatic carbocycles. The van der Waals surface area contributed by atoms with Gasteiger partial charge in [0.05, 0.1) is 12.3 Å². The molecule has 0 spiro atoms. The lowest BCUT2D eigenvalue weighted by atomic mass is 9.88. The zero-order valence-corrected chi connectivity index (χ0v) is 23.2. The molecule has 7 heteroatoms. The third kappa shape index (κ3) is 4.69. The average molecular weight is 539 g/mol. The van der Waals surface area contributed by atoms with E-state index in [0.29, 0.717) is 6.54 Å². The number of carbonyl (C=O) groups is 1. The minimum absolute atomic E-state index is 0.0319. The molecule has 1 atom stereocenters. The predicted octanol–water partition coefficient (Wildman–Crippen LogP) is 5.25. The van der Waals surface area contributed by atoms with E-state index in [-0.39, 0.29) is 11.8 Å². The van der Waals surface area contributed by atoms with Crippen LogP contribution in [0.3, 0.4) is 0 Å². The number of para-hydroxylation sites is 1. The van der Waals surface area contributed by atoms with Gasteiger partial charge < -0.3 is 19.9 Å². The average Bonchev–Trinajstić information content (AvgIpc) is 3.70. The maximum atomic E-state index is 13.9. The maximum Gasteiger partial charge on any atom is 0.251 e. The smallest absolute Gasteiger partial charge is 0.251 e. The van der Waals surface area contributed by atoms with Gasteiger partial charge in [0.1, 0.15) is 5.75 Å². The molecule has 4 aliphatic rings. The number of nitrogens with zero attached hydrogens (tertiary/aromatic N) is 3. The highest BCUT2D eigenvalue weighted by Gasteiger charge is 2.37. The molecule has 1 saturated heterocycles. The third-order valence-electron chi connectivity index (χ3n) is 8.50. The summed E-state index contributed by atoms with van der Waals surface area (Å²) in [5.41, 5.74) is 8.20. The first-order chi connectivity index (χ1) is 19.1. The Hall–Kier alpha value is -3.39. The Labute approximate surface area is 234 Å². The molecule has 0 radical (unpaired) electrons. The van der Waals surface area contributed by atoms with Crippen LogP contribution in [0.25, 0.3) is 11.8 Å². The lowest BCUT2D eigenvalue weighted by molar-refractivity contribution is -0.123. The van der Waals surface area contributed by atoms with Gasteiger partial charge in [-0.15, -0.1) is 11.3 Å². The molecule has 1 aromatic heterocycles. The molecule has 1 amide bonds. The summed E-state index contributed by atoms with van der Waals surface area (Å²) in [6.07, 6.45) is 5.62. The normalized spacial score (nSPS) is 21.1. The van der Waals surface area contributed by atoms with Crippen LogP contribution >= 0.6 is 11.3 Å². The van der Waals surface area contributed by atoms with Gasteiger partial charge in [0.25, 0.3) is 5.91 Å². The number of piperazine rings is 1. The summed E-state index contributed by atoms with van der Waals surface area (Å²) in [6, 6.07) is 17.1. The van der Waals surface area contributed by atoms with Crippen LogP contribution in [-0.2, 0) is 17.8 Å². The molecule has 1 unspecified atom stereocenters. The zero-order valence-electron chi connectivity index (χ0n) is 22.4. The summed E-state index contributed by atoms with van der Waals surface area (Å²) in [5.74, 6) is 1.27. The van der Waals surface area contributed by atoms with Crippen molar-refractivity contribution in [3.05, 3.63) is 92.8 Å². The summed E-state index contributed by atoms with van der Waals surface area (Å²) in [4.78, 5) is 21.9. The van der Waals surface area contributed by atoms with Crippen LogP contribution in [0.1, 0.15) is 39.5 Å². The molecule has 7 rings (SSSR count). The van der Waals surface area contributed by atoms with E-state index in [2.05, 4.69) is 76.1 Å². The Bertz CT molecular complexity index is 1470. The van der Waals surface area contributed by atoms with E-state index in [9.17, 15) is 4.79 Å². The van der Waals surface area contributed by atoms with Crippen molar-refractivity contribution in [1.82, 2.24) is 14.7 Å². The van der Waals surface area contributed by atoms with Crippen molar-refractivity contribution in [3.8, 4) is 5.75 Å². The second kappa shape index (κ2) is 10.3. The van der Waals surface area contributed by atoms with E-state index in [1.54, 1.807) is 17.4 Å². The Kier molecular flexibility index (Phi) is 6.51. The predicted molar refractivity (Wildman–Crippen MR) is 158 cm³/mol. The topological polar surface area (TPSA) is 48.0 Å². The minimum atomic E-state index is 0.0319. The molecule has 0 saturated carbocycles. The second-order valence-electron chi connectivity index (χ2n) is 10.9. The molecular formula is C32H34N4O2S. The van der Waals surface area contributed by atoms with E-state index >= 15 is 0 Å². The van der Waals surface area contributed by atoms with Gasteiger partial charge in [-0.2, -0.15) is 0 Å². The number of allylic oxidation sites excluding steroid dienone is 1. The first-order valence-electron chi connectivity index (χ1n) is 14.0. The Morgan fingerprint density at radius 2 is 1.97 bits per heavy atom. The number of amides is 1. The van der Waals surface area contributed by atoms with Crippen LogP contribution in [0.4, 0.5) is 5.69 Å². The summed E-state index contributed by atoms with van der Waals surface area (Å²) in [7, 11) is 2.18. The van der Waals surface area contributed by atoms with Gasteiger partial charge in [-0.25, -0.2) is 0 Å². The van der Waals surface area contributed by atoms with E-state index in [1.165, 1.54) is 21.6 Å². The molecule has 1 N–H and O–H groups in total. The molecule has 39 heavy (non-hydrogen) atoms. The van der Waals surface area contributed by atoms with Crippen LogP contribution in [0, 0.1) is 0 Å². The number of carbonyl (C=O) groups excluding carboxylic acids is 1. The molecule has 6 nitrogen and oxygen atoms in total. The van der Waals surface area contributed by atoms with Gasteiger partial charge in [0.2, 0.25) is 0 Å². The lowest BCUT2D eigenvalue weighted by Crippen LogP contribution is -2.43. The van der Waals surface area contributed by atoms with Crippen LogP contribution in [0.5, 0.6) is 5.75 Å². The standard InChI is InChI=1S/C32H34N4O2S/c1-34-14-16-35(17-15-34)21-24-12-19-39-29(24)8-9-30(37)36-13-10-26-25-4-2-3-5-27(25)33-31(26)32(36)23-6-7-28-22(20-23)11-18-38-28/h2-9,12,19-20,26,33H,10-11,13-18,21H2,1H3/b9-8+. The van der Waals surface area contributed by atoms with Crippen LogP contribution < -0.4 is 10.1 Å². The Morgan fingerprint density at radius 3 is 2.87 bits per heavy atom. The number of hydrogen-bond donors (Lipinski definition) is 1. The SMILES string of the molecule is CN1CCN(Cc2ccsc2/C=C/C(=O)N2CCC3C(=C2c2ccc4c(c2)CCO4)Nc2ccccc23)CC1. The summed E-state index contributed by atoms with van der Waals surface area (Å²) < 4.78 is 5.78. The van der Waals surface area contributed by atoms with Gasteiger partial charge in [0, 0.05) is 79.5 Å². The maximum absolute atomic E-state index is 13.9. The first-order valence-corrected chi connectivity index (χ1v) is 14.8. The molecular weight excluding hydrogens is 504 g/mol. The number of hydrogen-bond acceptors (Lipinski definition) is 6. The molecule has 0 bridgehead atoms. The van der Waals surface area contributed by atoms with Gasteiger partial charge in [-0.1, -0.05) is 18.2 Å². The van der Waals surface area contributed by atoms with Crippen molar-refractivity contribution < 1.29 is 9.53 Å². The van der Waals surface area contributed by atoms with Crippen molar-refractivity contribution in [3.63, 3.8) is 0 Å². The number of benzene rings is 2. The number of thiophene rings is 1. The molecule has 0 aliphatic carbocycles. The number of ether oxygens (including phenoxy) is 1. The highest BCUT2D eigenvalue weighted by atomic mass is 32.1. The van der Waals surface area contributed by atoms with E-state index in [1.807, 2.05) is 11.0 Å². The summed E-state index contributed by atoms with van der Waals surface area (Å²) in [6.45, 7) is 6.73. The van der Waals surface area contributed by atoms with E-state index in [4.69, 9.17) is 4.74 Å². The number of fused-ring (bicyclic) bond motifs is 4. The number of anilines is 1. The molecule has 200 valence electrons. The first kappa shape index (κ1) is 24.6. The van der Waals surface area contributed by atoms with Crippen molar-refractivity contribution in [2.24, 2.45) is 0 Å². The highest BCUT2D eigenvalue weighted by Crippen LogP contribution is 2.47. The molecule has 5 heterocycles. The van der Waals surface area contributed by atoms with Gasteiger partial charge in [-0.3, -0.25) is 9.69 Å². The number of likely N-dealkylation sites (N-methyl/N-ethyl adjacent to an activating group) is 1. The van der Waals surface area contributed by atoms with E-state index < -0.39 is 0 Å². The lowest BCUT2D eigenvalue weighted by Gasteiger charge is -2.34. The number of nitrogens with one attached hydrogen (secondary N) is 1. The Morgan fingerprint density at radius 1 is 1.10 bits per heavy atom. The fraction of sp³-hybridized carbons (Fsp3) is 0.344. The van der Waals surface area contributed by atoms with Crippen molar-refractivity contribution in [1.29, 1.82) is 0 Å². The van der Waals surface area contributed by atoms with Crippen LogP contribution in [-0.4, -0.2) is 67.0 Å². The van der Waals surface area contributed by atoms with Crippen molar-refractivity contribution in [2.75, 3.05) is 51.7 Å². The Balaban J connectivity index is 1.18. The van der Waals surface area contributed by atoms with Crippen LogP contribution in [0.15, 0.2) is 65.7 Å². The quantitative estimate of drug-likeness (QED) is 0.450. The summed E-state index contributed by atoms with van der Waals surface area (Å²) >= 11 is 1.71. The van der Waals surface area contributed by atoms with E-state index in [0.717, 1.165) is 80.6 Å².